The van der Waals surface area contributed by atoms with Crippen LogP contribution in [-0.4, -0.2) is 19.8 Å². The highest BCUT2D eigenvalue weighted by atomic mass is 16.5. The number of benzene rings is 1. The third-order valence-corrected chi connectivity index (χ3v) is 2.59. The Morgan fingerprint density at radius 3 is 2.74 bits per heavy atom. The number of hydrogen-bond donors (Lipinski definition) is 1. The van der Waals surface area contributed by atoms with Gasteiger partial charge in [-0.15, -0.1) is 11.8 Å². The van der Waals surface area contributed by atoms with E-state index in [0.717, 1.165) is 42.9 Å². The van der Waals surface area contributed by atoms with E-state index in [-0.39, 0.29) is 0 Å². The van der Waals surface area contributed by atoms with Gasteiger partial charge in [0.25, 0.3) is 0 Å². The Morgan fingerprint density at radius 2 is 2.05 bits per heavy atom. The molecule has 0 bridgehead atoms. The van der Waals surface area contributed by atoms with E-state index in [1.165, 1.54) is 0 Å². The molecule has 0 atom stereocenters. The zero-order valence-electron chi connectivity index (χ0n) is 11.9. The molecule has 0 aliphatic carbocycles. The van der Waals surface area contributed by atoms with Gasteiger partial charge in [0.1, 0.15) is 11.5 Å². The van der Waals surface area contributed by atoms with Crippen molar-refractivity contribution in [3.8, 4) is 23.3 Å². The maximum absolute atomic E-state index is 5.77. The minimum Gasteiger partial charge on any atom is -0.493 e. The van der Waals surface area contributed by atoms with E-state index in [1.807, 2.05) is 25.1 Å². The molecular formula is C16H23NO2. The first kappa shape index (κ1) is 15.4. The summed E-state index contributed by atoms with van der Waals surface area (Å²) in [7, 11) is 0. The lowest BCUT2D eigenvalue weighted by Crippen LogP contribution is -2.06. The molecule has 0 aliphatic heterocycles. The molecule has 104 valence electrons. The van der Waals surface area contributed by atoms with E-state index in [0.29, 0.717) is 13.2 Å². The smallest absolute Gasteiger partial charge is 0.126 e. The summed E-state index contributed by atoms with van der Waals surface area (Å²) in [6, 6.07) is 5.94. The van der Waals surface area contributed by atoms with Crippen molar-refractivity contribution in [2.24, 2.45) is 5.73 Å². The lowest BCUT2D eigenvalue weighted by Gasteiger charge is -2.12. The third-order valence-electron chi connectivity index (χ3n) is 2.59. The van der Waals surface area contributed by atoms with Crippen LogP contribution in [0.1, 0.15) is 32.3 Å². The molecule has 1 aromatic rings. The molecule has 1 aromatic carbocycles. The highest BCUT2D eigenvalue weighted by Gasteiger charge is 2.05. The molecule has 1 rings (SSSR count). The van der Waals surface area contributed by atoms with Crippen LogP contribution < -0.4 is 15.2 Å². The first-order valence-corrected chi connectivity index (χ1v) is 6.80. The second-order valence-electron chi connectivity index (χ2n) is 4.18. The van der Waals surface area contributed by atoms with Crippen LogP contribution in [0.5, 0.6) is 11.5 Å². The van der Waals surface area contributed by atoms with Gasteiger partial charge < -0.3 is 15.2 Å². The summed E-state index contributed by atoms with van der Waals surface area (Å²) >= 11 is 0. The molecule has 0 spiro atoms. The Balaban J connectivity index is 2.71. The molecule has 0 saturated carbocycles. The van der Waals surface area contributed by atoms with Crippen molar-refractivity contribution < 1.29 is 9.47 Å². The average Bonchev–Trinajstić information content (AvgIpc) is 2.43. The van der Waals surface area contributed by atoms with E-state index in [1.54, 1.807) is 0 Å². The zero-order chi connectivity index (χ0) is 13.9. The Labute approximate surface area is 116 Å². The van der Waals surface area contributed by atoms with E-state index < -0.39 is 0 Å². The molecule has 0 saturated heterocycles. The molecule has 3 heteroatoms. The van der Waals surface area contributed by atoms with Crippen LogP contribution >= 0.6 is 0 Å². The van der Waals surface area contributed by atoms with Gasteiger partial charge in [0.05, 0.1) is 13.2 Å². The van der Waals surface area contributed by atoms with Gasteiger partial charge in [-0.1, -0.05) is 13.0 Å². The summed E-state index contributed by atoms with van der Waals surface area (Å²) in [6.07, 6.45) is 2.54. The van der Waals surface area contributed by atoms with Gasteiger partial charge in [-0.25, -0.2) is 0 Å². The SMILES string of the molecule is CC#CCCOc1cc(OCCC)ccc1CCN. The molecule has 19 heavy (non-hydrogen) atoms. The second kappa shape index (κ2) is 9.29. The van der Waals surface area contributed by atoms with Crippen molar-refractivity contribution in [3.63, 3.8) is 0 Å². The Kier molecular flexibility index (Phi) is 7.53. The third kappa shape index (κ3) is 5.67. The minimum absolute atomic E-state index is 0.593. The highest BCUT2D eigenvalue weighted by molar-refractivity contribution is 5.41. The maximum atomic E-state index is 5.77. The highest BCUT2D eigenvalue weighted by Crippen LogP contribution is 2.25. The summed E-state index contributed by atoms with van der Waals surface area (Å²) in [5, 5.41) is 0. The molecule has 0 unspecified atom stereocenters. The number of rotatable bonds is 8. The summed E-state index contributed by atoms with van der Waals surface area (Å²) in [5.41, 5.74) is 6.74. The molecule has 3 nitrogen and oxygen atoms in total. The topological polar surface area (TPSA) is 44.5 Å². The van der Waals surface area contributed by atoms with E-state index in [4.69, 9.17) is 15.2 Å². The van der Waals surface area contributed by atoms with Crippen molar-refractivity contribution in [1.82, 2.24) is 0 Å². The number of hydrogen-bond acceptors (Lipinski definition) is 3. The molecule has 0 aromatic heterocycles. The van der Waals surface area contributed by atoms with Crippen molar-refractivity contribution in [2.75, 3.05) is 19.8 Å². The Hall–Kier alpha value is -1.66. The Bertz CT molecular complexity index is 432. The van der Waals surface area contributed by atoms with Crippen LogP contribution in [0.15, 0.2) is 18.2 Å². The molecule has 0 amide bonds. The van der Waals surface area contributed by atoms with E-state index in [2.05, 4.69) is 18.8 Å². The standard InChI is InChI=1S/C16H23NO2/c1-3-5-6-12-19-16-13-15(18-11-4-2)8-7-14(16)9-10-17/h7-8,13H,4,6,9-12,17H2,1-2H3. The first-order valence-electron chi connectivity index (χ1n) is 6.80. The second-order valence-corrected chi connectivity index (χ2v) is 4.18. The van der Waals surface area contributed by atoms with Crippen molar-refractivity contribution in [1.29, 1.82) is 0 Å². The van der Waals surface area contributed by atoms with E-state index >= 15 is 0 Å². The van der Waals surface area contributed by atoms with Crippen molar-refractivity contribution >= 4 is 0 Å². The molecule has 2 N–H and O–H groups in total. The summed E-state index contributed by atoms with van der Waals surface area (Å²) in [6.45, 7) is 5.84. The summed E-state index contributed by atoms with van der Waals surface area (Å²) < 4.78 is 11.4. The lowest BCUT2D eigenvalue weighted by molar-refractivity contribution is 0.304. The molecule has 0 fully saturated rings. The molecule has 0 radical (unpaired) electrons. The predicted octanol–water partition coefficient (Wildman–Crippen LogP) is 2.77. The monoisotopic (exact) mass is 261 g/mol. The van der Waals surface area contributed by atoms with Gasteiger partial charge in [0.15, 0.2) is 0 Å². The van der Waals surface area contributed by atoms with Gasteiger partial charge in [-0.05, 0) is 37.9 Å². The number of nitrogens with two attached hydrogens (primary N) is 1. The Morgan fingerprint density at radius 1 is 1.21 bits per heavy atom. The fourth-order valence-electron chi connectivity index (χ4n) is 1.68. The van der Waals surface area contributed by atoms with Crippen LogP contribution in [0.3, 0.4) is 0 Å². The van der Waals surface area contributed by atoms with Crippen molar-refractivity contribution in [3.05, 3.63) is 23.8 Å². The lowest BCUT2D eigenvalue weighted by atomic mass is 10.1. The largest absolute Gasteiger partial charge is 0.493 e. The fourth-order valence-corrected chi connectivity index (χ4v) is 1.68. The number of ether oxygens (including phenoxy) is 2. The normalized spacial score (nSPS) is 9.63. The van der Waals surface area contributed by atoms with Gasteiger partial charge >= 0.3 is 0 Å². The predicted molar refractivity (Wildman–Crippen MR) is 78.5 cm³/mol. The fraction of sp³-hybridized carbons (Fsp3) is 0.500. The van der Waals surface area contributed by atoms with Gasteiger partial charge in [-0.3, -0.25) is 0 Å². The van der Waals surface area contributed by atoms with Crippen LogP contribution in [0.4, 0.5) is 0 Å². The maximum Gasteiger partial charge on any atom is 0.126 e. The minimum atomic E-state index is 0.593. The molecule has 0 aliphatic rings. The summed E-state index contributed by atoms with van der Waals surface area (Å²) in [5.74, 6) is 7.55. The van der Waals surface area contributed by atoms with Gasteiger partial charge in [0.2, 0.25) is 0 Å². The van der Waals surface area contributed by atoms with Gasteiger partial charge in [-0.2, -0.15) is 0 Å². The van der Waals surface area contributed by atoms with Crippen LogP contribution in [0.2, 0.25) is 0 Å². The van der Waals surface area contributed by atoms with Gasteiger partial charge in [0, 0.05) is 12.5 Å². The molecular weight excluding hydrogens is 238 g/mol. The van der Waals surface area contributed by atoms with Crippen LogP contribution in [0.25, 0.3) is 0 Å². The van der Waals surface area contributed by atoms with E-state index in [9.17, 15) is 0 Å². The van der Waals surface area contributed by atoms with Crippen LogP contribution in [-0.2, 0) is 6.42 Å². The quantitative estimate of drug-likeness (QED) is 0.578. The summed E-state index contributed by atoms with van der Waals surface area (Å²) in [4.78, 5) is 0. The van der Waals surface area contributed by atoms with Crippen LogP contribution in [0, 0.1) is 11.8 Å². The first-order chi connectivity index (χ1) is 9.31. The molecule has 0 heterocycles. The zero-order valence-corrected chi connectivity index (χ0v) is 11.9. The van der Waals surface area contributed by atoms with Crippen molar-refractivity contribution in [2.45, 2.75) is 33.1 Å². The average molecular weight is 261 g/mol.